The summed E-state index contributed by atoms with van der Waals surface area (Å²) in [5.41, 5.74) is 6.50. The monoisotopic (exact) mass is 294 g/mol. The molecule has 1 aromatic carbocycles. The molecule has 0 saturated carbocycles. The molecule has 1 saturated heterocycles. The largest absolute Gasteiger partial charge is 0.409 e. The van der Waals surface area contributed by atoms with Crippen LogP contribution in [0.25, 0.3) is 0 Å². The first-order chi connectivity index (χ1) is 10.0. The Kier molecular flexibility index (Phi) is 5.14. The summed E-state index contributed by atoms with van der Waals surface area (Å²) in [7, 11) is 4.21. The third-order valence-corrected chi connectivity index (χ3v) is 4.14. The number of benzene rings is 1. The Morgan fingerprint density at radius 1 is 1.43 bits per heavy atom. The molecule has 1 fully saturated rings. The molecule has 1 aromatic rings. The van der Waals surface area contributed by atoms with Crippen molar-refractivity contribution in [2.24, 2.45) is 10.9 Å². The number of hydrogen-bond acceptors (Lipinski definition) is 4. The zero-order valence-electron chi connectivity index (χ0n) is 12.6. The van der Waals surface area contributed by atoms with Crippen molar-refractivity contribution in [1.82, 2.24) is 9.80 Å². The summed E-state index contributed by atoms with van der Waals surface area (Å²) in [5.74, 6) is -0.388. The summed E-state index contributed by atoms with van der Waals surface area (Å²) in [5, 5.41) is 11.5. The number of hydrogen-bond donors (Lipinski definition) is 2. The van der Waals surface area contributed by atoms with Gasteiger partial charge in [0.1, 0.15) is 5.82 Å². The molecular weight excluding hydrogens is 271 g/mol. The van der Waals surface area contributed by atoms with E-state index in [2.05, 4.69) is 29.1 Å². The summed E-state index contributed by atoms with van der Waals surface area (Å²) < 4.78 is 14.1. The fourth-order valence-corrected chi connectivity index (χ4v) is 2.73. The van der Waals surface area contributed by atoms with Crippen molar-refractivity contribution in [3.63, 3.8) is 0 Å². The predicted octanol–water partition coefficient (Wildman–Crippen LogP) is 1.45. The van der Waals surface area contributed by atoms with Crippen molar-refractivity contribution in [2.45, 2.75) is 25.4 Å². The first kappa shape index (κ1) is 15.7. The molecule has 0 aromatic heterocycles. The molecule has 1 heterocycles. The average molecular weight is 294 g/mol. The molecular formula is C15H23FN4O. The first-order valence-corrected chi connectivity index (χ1v) is 7.16. The normalized spacial score (nSPS) is 18.4. The summed E-state index contributed by atoms with van der Waals surface area (Å²) in [6.07, 6.45) is 2.22. The quantitative estimate of drug-likeness (QED) is 0.382. The van der Waals surface area contributed by atoms with E-state index >= 15 is 0 Å². The van der Waals surface area contributed by atoms with Crippen LogP contribution in [0, 0.1) is 5.82 Å². The highest BCUT2D eigenvalue weighted by molar-refractivity contribution is 5.97. The molecule has 0 unspecified atom stereocenters. The third-order valence-electron chi connectivity index (χ3n) is 4.14. The van der Waals surface area contributed by atoms with E-state index in [1.807, 2.05) is 0 Å². The zero-order chi connectivity index (χ0) is 15.4. The number of rotatable bonds is 4. The van der Waals surface area contributed by atoms with Crippen LogP contribution in [0.4, 0.5) is 4.39 Å². The molecule has 0 radical (unpaired) electrons. The number of piperidine rings is 1. The second-order valence-electron chi connectivity index (χ2n) is 5.76. The predicted molar refractivity (Wildman–Crippen MR) is 80.9 cm³/mol. The van der Waals surface area contributed by atoms with Gasteiger partial charge in [0.25, 0.3) is 0 Å². The molecule has 2 rings (SSSR count). The van der Waals surface area contributed by atoms with Crippen LogP contribution in [0.5, 0.6) is 0 Å². The van der Waals surface area contributed by atoms with Crippen molar-refractivity contribution in [2.75, 3.05) is 27.2 Å². The summed E-state index contributed by atoms with van der Waals surface area (Å²) >= 11 is 0. The average Bonchev–Trinajstić information content (AvgIpc) is 2.49. The molecule has 0 aliphatic carbocycles. The van der Waals surface area contributed by atoms with Crippen LogP contribution in [0.2, 0.25) is 0 Å². The fraction of sp³-hybridized carbons (Fsp3) is 0.533. The lowest BCUT2D eigenvalue weighted by Crippen LogP contribution is -2.41. The van der Waals surface area contributed by atoms with E-state index in [-0.39, 0.29) is 11.7 Å². The third kappa shape index (κ3) is 3.92. The SMILES string of the molecule is CN(C)C1CCN(Cc2ccc(/C(N)=N/O)cc2F)CC1. The molecule has 1 aliphatic rings. The lowest BCUT2D eigenvalue weighted by atomic mass is 10.0. The summed E-state index contributed by atoms with van der Waals surface area (Å²) in [4.78, 5) is 4.52. The van der Waals surface area contributed by atoms with Crippen molar-refractivity contribution < 1.29 is 9.60 Å². The Hall–Kier alpha value is -1.66. The zero-order valence-corrected chi connectivity index (χ0v) is 12.6. The highest BCUT2D eigenvalue weighted by Gasteiger charge is 2.21. The van der Waals surface area contributed by atoms with Crippen LogP contribution in [0.1, 0.15) is 24.0 Å². The van der Waals surface area contributed by atoms with E-state index in [4.69, 9.17) is 10.9 Å². The number of halogens is 1. The molecule has 1 aliphatic heterocycles. The van der Waals surface area contributed by atoms with Crippen LogP contribution in [-0.4, -0.2) is 54.1 Å². The molecule has 6 heteroatoms. The maximum Gasteiger partial charge on any atom is 0.170 e. The minimum absolute atomic E-state index is 0.0766. The Morgan fingerprint density at radius 3 is 2.62 bits per heavy atom. The van der Waals surface area contributed by atoms with Gasteiger partial charge >= 0.3 is 0 Å². The van der Waals surface area contributed by atoms with Crippen molar-refractivity contribution in [1.29, 1.82) is 0 Å². The minimum atomic E-state index is -0.311. The van der Waals surface area contributed by atoms with Gasteiger partial charge in [-0.25, -0.2) is 4.39 Å². The number of nitrogens with two attached hydrogens (primary N) is 1. The topological polar surface area (TPSA) is 65.1 Å². The van der Waals surface area contributed by atoms with Gasteiger partial charge in [-0.05, 0) is 46.1 Å². The van der Waals surface area contributed by atoms with E-state index in [9.17, 15) is 4.39 Å². The summed E-state index contributed by atoms with van der Waals surface area (Å²) in [6, 6.07) is 5.33. The fourth-order valence-electron chi connectivity index (χ4n) is 2.73. The highest BCUT2D eigenvalue weighted by atomic mass is 19.1. The molecule has 21 heavy (non-hydrogen) atoms. The van der Waals surface area contributed by atoms with Crippen LogP contribution < -0.4 is 5.73 Å². The van der Waals surface area contributed by atoms with Crippen LogP contribution in [0.15, 0.2) is 23.4 Å². The van der Waals surface area contributed by atoms with Gasteiger partial charge in [-0.15, -0.1) is 0 Å². The maximum absolute atomic E-state index is 14.1. The number of likely N-dealkylation sites (tertiary alicyclic amines) is 1. The van der Waals surface area contributed by atoms with E-state index in [0.717, 1.165) is 25.9 Å². The van der Waals surface area contributed by atoms with Gasteiger partial charge in [0.15, 0.2) is 5.84 Å². The van der Waals surface area contributed by atoms with Gasteiger partial charge in [0.2, 0.25) is 0 Å². The lowest BCUT2D eigenvalue weighted by molar-refractivity contribution is 0.139. The van der Waals surface area contributed by atoms with Crippen LogP contribution in [-0.2, 0) is 6.54 Å². The highest BCUT2D eigenvalue weighted by Crippen LogP contribution is 2.18. The van der Waals surface area contributed by atoms with Gasteiger partial charge in [0, 0.05) is 23.7 Å². The second kappa shape index (κ2) is 6.87. The number of amidine groups is 1. The van der Waals surface area contributed by atoms with Crippen molar-refractivity contribution in [3.8, 4) is 0 Å². The number of nitrogens with zero attached hydrogens (tertiary/aromatic N) is 3. The van der Waals surface area contributed by atoms with Crippen molar-refractivity contribution >= 4 is 5.84 Å². The molecule has 0 atom stereocenters. The lowest BCUT2D eigenvalue weighted by Gasteiger charge is -2.35. The van der Waals surface area contributed by atoms with E-state index in [1.54, 1.807) is 12.1 Å². The molecule has 0 bridgehead atoms. The van der Waals surface area contributed by atoms with Gasteiger partial charge in [-0.3, -0.25) is 4.90 Å². The van der Waals surface area contributed by atoms with E-state index in [0.29, 0.717) is 23.7 Å². The van der Waals surface area contributed by atoms with Crippen LogP contribution in [0.3, 0.4) is 0 Å². The first-order valence-electron chi connectivity index (χ1n) is 7.16. The smallest absolute Gasteiger partial charge is 0.170 e. The van der Waals surface area contributed by atoms with Crippen molar-refractivity contribution in [3.05, 3.63) is 35.1 Å². The van der Waals surface area contributed by atoms with Gasteiger partial charge in [-0.2, -0.15) is 0 Å². The standard InChI is InChI=1S/C15H23FN4O/c1-19(2)13-5-7-20(8-6-13)10-12-4-3-11(9-14(12)16)15(17)18-21/h3-4,9,13,21H,5-8,10H2,1-2H3,(H2,17,18). The second-order valence-corrected chi connectivity index (χ2v) is 5.76. The molecule has 116 valence electrons. The Labute approximate surface area is 124 Å². The Morgan fingerprint density at radius 2 is 2.10 bits per heavy atom. The van der Waals surface area contributed by atoms with E-state index < -0.39 is 0 Å². The molecule has 0 spiro atoms. The Balaban J connectivity index is 1.98. The van der Waals surface area contributed by atoms with Crippen LogP contribution >= 0.6 is 0 Å². The summed E-state index contributed by atoms with van der Waals surface area (Å²) in [6.45, 7) is 2.55. The maximum atomic E-state index is 14.1. The van der Waals surface area contributed by atoms with Gasteiger partial charge in [-0.1, -0.05) is 17.3 Å². The van der Waals surface area contributed by atoms with Gasteiger partial charge in [0.05, 0.1) is 0 Å². The minimum Gasteiger partial charge on any atom is -0.409 e. The molecule has 5 nitrogen and oxygen atoms in total. The molecule has 0 amide bonds. The Bertz CT molecular complexity index is 510. The van der Waals surface area contributed by atoms with Gasteiger partial charge < -0.3 is 15.8 Å². The molecule has 3 N–H and O–H groups in total. The number of oxime groups is 1. The van der Waals surface area contributed by atoms with E-state index in [1.165, 1.54) is 6.07 Å².